The van der Waals surface area contributed by atoms with E-state index in [1.165, 1.54) is 13.2 Å². The largest absolute Gasteiger partial charge is 0.495 e. The summed E-state index contributed by atoms with van der Waals surface area (Å²) in [4.78, 5) is -0.459. The fraction of sp³-hybridized carbons (Fsp3) is 0.176. The van der Waals surface area contributed by atoms with E-state index in [-0.39, 0.29) is 11.1 Å². The highest BCUT2D eigenvalue weighted by molar-refractivity contribution is 7.85. The molecule has 0 amide bonds. The van der Waals surface area contributed by atoms with E-state index < -0.39 is 27.8 Å². The number of ether oxygens (including phenoxy) is 2. The maximum absolute atomic E-state index is 12.7. The molecule has 0 atom stereocenters. The summed E-state index contributed by atoms with van der Waals surface area (Å²) in [6, 6.07) is 10.1. The lowest BCUT2D eigenvalue weighted by molar-refractivity contribution is -0.153. The summed E-state index contributed by atoms with van der Waals surface area (Å²) in [5.74, 6) is 0.219. The molecule has 0 fully saturated rings. The molecule has 0 aromatic heterocycles. The third kappa shape index (κ3) is 3.40. The average molecular weight is 386 g/mol. The molecule has 0 aliphatic rings. The molecule has 3 rings (SSSR count). The molecule has 26 heavy (non-hydrogen) atoms. The zero-order valence-electron chi connectivity index (χ0n) is 13.4. The van der Waals surface area contributed by atoms with Gasteiger partial charge in [-0.15, -0.1) is 0 Å². The van der Waals surface area contributed by atoms with Crippen molar-refractivity contribution < 1.29 is 35.6 Å². The number of hydrogen-bond donors (Lipinski definition) is 1. The number of benzene rings is 3. The summed E-state index contributed by atoms with van der Waals surface area (Å²) in [7, 11) is -3.15. The summed E-state index contributed by atoms with van der Waals surface area (Å²) >= 11 is 0. The van der Waals surface area contributed by atoms with Crippen molar-refractivity contribution in [3.05, 3.63) is 42.5 Å². The lowest BCUT2D eigenvalue weighted by Gasteiger charge is -2.17. The van der Waals surface area contributed by atoms with Crippen molar-refractivity contribution in [2.75, 3.05) is 13.7 Å². The fourth-order valence-electron chi connectivity index (χ4n) is 2.77. The minimum atomic E-state index is -4.58. The lowest BCUT2D eigenvalue weighted by atomic mass is 10.0. The smallest absolute Gasteiger partial charge is 0.422 e. The van der Waals surface area contributed by atoms with Crippen LogP contribution in [0.4, 0.5) is 13.2 Å². The van der Waals surface area contributed by atoms with E-state index in [1.54, 1.807) is 24.3 Å². The average Bonchev–Trinajstić information content (AvgIpc) is 2.56. The van der Waals surface area contributed by atoms with Gasteiger partial charge in [-0.05, 0) is 18.2 Å². The minimum absolute atomic E-state index is 0.0833. The predicted octanol–water partition coefficient (Wildman–Crippen LogP) is 4.19. The maximum atomic E-state index is 12.7. The third-order valence-corrected chi connectivity index (χ3v) is 4.63. The Morgan fingerprint density at radius 3 is 2.08 bits per heavy atom. The van der Waals surface area contributed by atoms with E-state index in [0.29, 0.717) is 21.9 Å². The van der Waals surface area contributed by atoms with Crippen LogP contribution in [0.2, 0.25) is 0 Å². The van der Waals surface area contributed by atoms with E-state index in [2.05, 4.69) is 0 Å². The van der Waals surface area contributed by atoms with Crippen LogP contribution >= 0.6 is 0 Å². The van der Waals surface area contributed by atoms with Gasteiger partial charge in [0.25, 0.3) is 10.1 Å². The summed E-state index contributed by atoms with van der Waals surface area (Å²) in [6.45, 7) is -1.55. The van der Waals surface area contributed by atoms with Gasteiger partial charge in [0, 0.05) is 21.5 Å². The Bertz CT molecular complexity index is 1090. The second-order valence-corrected chi connectivity index (χ2v) is 6.92. The highest BCUT2D eigenvalue weighted by atomic mass is 32.2. The lowest BCUT2D eigenvalue weighted by Crippen LogP contribution is -2.19. The highest BCUT2D eigenvalue weighted by Gasteiger charge is 2.29. The van der Waals surface area contributed by atoms with E-state index in [4.69, 9.17) is 9.47 Å². The Balaban J connectivity index is 2.41. The molecule has 1 N–H and O–H groups in total. The molecule has 0 spiro atoms. The monoisotopic (exact) mass is 386 g/mol. The first-order valence-corrected chi connectivity index (χ1v) is 8.75. The number of alkyl halides is 3. The van der Waals surface area contributed by atoms with Gasteiger partial charge in [0.1, 0.15) is 11.5 Å². The highest BCUT2D eigenvalue weighted by Crippen LogP contribution is 2.43. The quantitative estimate of drug-likeness (QED) is 0.538. The zero-order valence-corrected chi connectivity index (χ0v) is 14.2. The van der Waals surface area contributed by atoms with Crippen LogP contribution in [0.3, 0.4) is 0 Å². The molecule has 0 aliphatic carbocycles. The molecule has 138 valence electrons. The van der Waals surface area contributed by atoms with Gasteiger partial charge in [-0.1, -0.05) is 24.3 Å². The molecule has 0 heterocycles. The normalized spacial score (nSPS) is 12.5. The second kappa shape index (κ2) is 6.33. The molecule has 5 nitrogen and oxygen atoms in total. The first kappa shape index (κ1) is 18.3. The maximum Gasteiger partial charge on any atom is 0.422 e. The molecule has 0 saturated heterocycles. The van der Waals surface area contributed by atoms with Gasteiger partial charge >= 0.3 is 6.18 Å². The van der Waals surface area contributed by atoms with E-state index in [9.17, 15) is 26.1 Å². The third-order valence-electron chi connectivity index (χ3n) is 3.78. The Labute approximate surface area is 146 Å². The zero-order chi connectivity index (χ0) is 19.1. The second-order valence-electron chi connectivity index (χ2n) is 5.49. The topological polar surface area (TPSA) is 72.8 Å². The molecule has 0 bridgehead atoms. The first-order chi connectivity index (χ1) is 12.1. The summed E-state index contributed by atoms with van der Waals surface area (Å²) < 4.78 is 80.5. The van der Waals surface area contributed by atoms with Crippen LogP contribution in [0.25, 0.3) is 21.5 Å². The van der Waals surface area contributed by atoms with Crippen LogP contribution in [0.5, 0.6) is 11.5 Å². The SMILES string of the molecule is COc1c2ccccc2c(OCC(F)(F)F)c2cc(S(=O)(=O)O)ccc12. The molecule has 3 aromatic carbocycles. The van der Waals surface area contributed by atoms with Crippen molar-refractivity contribution in [1.29, 1.82) is 0 Å². The fourth-order valence-corrected chi connectivity index (χ4v) is 3.28. The van der Waals surface area contributed by atoms with Crippen molar-refractivity contribution in [3.8, 4) is 11.5 Å². The number of fused-ring (bicyclic) bond motifs is 2. The molecular formula is C17H13F3O5S. The molecule has 0 aliphatic heterocycles. The molecule has 0 radical (unpaired) electrons. The molecule has 9 heteroatoms. The van der Waals surface area contributed by atoms with Crippen molar-refractivity contribution in [2.45, 2.75) is 11.1 Å². The summed E-state index contributed by atoms with van der Waals surface area (Å²) in [6.07, 6.45) is -4.58. The van der Waals surface area contributed by atoms with Gasteiger partial charge in [0.2, 0.25) is 0 Å². The van der Waals surface area contributed by atoms with Crippen molar-refractivity contribution in [1.82, 2.24) is 0 Å². The van der Waals surface area contributed by atoms with E-state index in [0.717, 1.165) is 12.1 Å². The van der Waals surface area contributed by atoms with Gasteiger partial charge in [-0.25, -0.2) is 0 Å². The van der Waals surface area contributed by atoms with Crippen LogP contribution < -0.4 is 9.47 Å². The number of methoxy groups -OCH3 is 1. The Morgan fingerprint density at radius 1 is 0.962 bits per heavy atom. The van der Waals surface area contributed by atoms with Gasteiger partial charge in [-0.2, -0.15) is 21.6 Å². The number of hydrogen-bond acceptors (Lipinski definition) is 4. The minimum Gasteiger partial charge on any atom is -0.495 e. The van der Waals surface area contributed by atoms with Crippen molar-refractivity contribution in [3.63, 3.8) is 0 Å². The molecule has 0 unspecified atom stereocenters. The standard InChI is InChI=1S/C17H13F3O5S/c1-24-15-11-4-2-3-5-12(11)16(25-9-17(18,19)20)14-8-10(26(21,22)23)6-7-13(14)15/h2-8H,9H2,1H3,(H,21,22,23). The van der Waals surface area contributed by atoms with Gasteiger partial charge in [0.15, 0.2) is 6.61 Å². The predicted molar refractivity (Wildman–Crippen MR) is 89.4 cm³/mol. The molecule has 3 aromatic rings. The van der Waals surface area contributed by atoms with Crippen LogP contribution in [0.1, 0.15) is 0 Å². The Kier molecular flexibility index (Phi) is 4.45. The van der Waals surface area contributed by atoms with Crippen LogP contribution in [-0.2, 0) is 10.1 Å². The van der Waals surface area contributed by atoms with Crippen molar-refractivity contribution in [2.24, 2.45) is 0 Å². The summed E-state index contributed by atoms with van der Waals surface area (Å²) in [5.41, 5.74) is 0. The van der Waals surface area contributed by atoms with E-state index >= 15 is 0 Å². The van der Waals surface area contributed by atoms with Gasteiger partial charge in [-0.3, -0.25) is 4.55 Å². The molecule has 0 saturated carbocycles. The van der Waals surface area contributed by atoms with Gasteiger partial charge < -0.3 is 9.47 Å². The van der Waals surface area contributed by atoms with Crippen LogP contribution in [0.15, 0.2) is 47.4 Å². The van der Waals surface area contributed by atoms with Gasteiger partial charge in [0.05, 0.1) is 12.0 Å². The first-order valence-electron chi connectivity index (χ1n) is 7.31. The Hall–Kier alpha value is -2.52. The number of rotatable bonds is 4. The Morgan fingerprint density at radius 2 is 1.54 bits per heavy atom. The van der Waals surface area contributed by atoms with Crippen LogP contribution in [0, 0.1) is 0 Å². The summed E-state index contributed by atoms with van der Waals surface area (Å²) in [5, 5.41) is 1.28. The van der Waals surface area contributed by atoms with E-state index in [1.807, 2.05) is 0 Å². The van der Waals surface area contributed by atoms with Crippen LogP contribution in [-0.4, -0.2) is 32.9 Å². The van der Waals surface area contributed by atoms with Crippen molar-refractivity contribution >= 4 is 31.7 Å². The number of halogens is 3. The molecular weight excluding hydrogens is 373 g/mol.